The van der Waals surface area contributed by atoms with Gasteiger partial charge in [0.15, 0.2) is 0 Å². The molecule has 4 nitrogen and oxygen atoms in total. The van der Waals surface area contributed by atoms with E-state index in [0.717, 1.165) is 23.7 Å². The lowest BCUT2D eigenvalue weighted by molar-refractivity contribution is -0.120. The van der Waals surface area contributed by atoms with Crippen molar-refractivity contribution < 1.29 is 9.53 Å². The van der Waals surface area contributed by atoms with Crippen LogP contribution in [-0.2, 0) is 17.6 Å². The first-order valence-corrected chi connectivity index (χ1v) is 8.72. The number of thiophene rings is 1. The van der Waals surface area contributed by atoms with E-state index in [9.17, 15) is 4.79 Å². The predicted molar refractivity (Wildman–Crippen MR) is 93.1 cm³/mol. The number of nitrogens with one attached hydrogen (secondary N) is 1. The summed E-state index contributed by atoms with van der Waals surface area (Å²) >= 11 is 1.62. The third kappa shape index (κ3) is 3.92. The van der Waals surface area contributed by atoms with E-state index in [0.29, 0.717) is 13.0 Å². The summed E-state index contributed by atoms with van der Waals surface area (Å²) in [4.78, 5) is 15.4. The van der Waals surface area contributed by atoms with Crippen molar-refractivity contribution in [2.45, 2.75) is 18.9 Å². The van der Waals surface area contributed by atoms with Gasteiger partial charge in [-0.05, 0) is 42.7 Å². The van der Waals surface area contributed by atoms with Crippen LogP contribution in [0.1, 0.15) is 22.0 Å². The molecule has 1 aliphatic heterocycles. The van der Waals surface area contributed by atoms with Crippen molar-refractivity contribution >= 4 is 17.2 Å². The number of likely N-dealkylation sites (N-methyl/N-ethyl adjacent to an activating group) is 1. The number of hydrogen-bond donors (Lipinski definition) is 1. The number of hydrogen-bond acceptors (Lipinski definition) is 4. The maximum atomic E-state index is 12.1. The molecule has 1 atom stereocenters. The Kier molecular flexibility index (Phi) is 4.98. The number of benzene rings is 1. The topological polar surface area (TPSA) is 41.6 Å². The van der Waals surface area contributed by atoms with Crippen molar-refractivity contribution in [1.29, 1.82) is 0 Å². The molecule has 0 fully saturated rings. The smallest absolute Gasteiger partial charge is 0.225 e. The summed E-state index contributed by atoms with van der Waals surface area (Å²) in [6.07, 6.45) is 1.42. The van der Waals surface area contributed by atoms with E-state index in [2.05, 4.69) is 22.3 Å². The second-order valence-electron chi connectivity index (χ2n) is 6.01. The van der Waals surface area contributed by atoms with Crippen molar-refractivity contribution in [3.8, 4) is 5.75 Å². The molecular formula is C18H22N2O2S. The van der Waals surface area contributed by atoms with E-state index in [1.165, 1.54) is 11.1 Å². The Morgan fingerprint density at radius 1 is 1.39 bits per heavy atom. The molecule has 1 amide bonds. The number of amides is 1. The van der Waals surface area contributed by atoms with Gasteiger partial charge in [-0.1, -0.05) is 18.2 Å². The summed E-state index contributed by atoms with van der Waals surface area (Å²) in [5.41, 5.74) is 2.48. The highest BCUT2D eigenvalue weighted by atomic mass is 32.1. The van der Waals surface area contributed by atoms with Gasteiger partial charge in [0.1, 0.15) is 5.75 Å². The molecule has 122 valence electrons. The van der Waals surface area contributed by atoms with Crippen LogP contribution in [0.15, 0.2) is 35.7 Å². The Morgan fingerprint density at radius 3 is 3.00 bits per heavy atom. The number of nitrogens with zero attached hydrogens (tertiary/aromatic N) is 1. The third-order valence-electron chi connectivity index (χ3n) is 4.13. The molecule has 0 spiro atoms. The molecule has 5 heteroatoms. The lowest BCUT2D eigenvalue weighted by Crippen LogP contribution is -2.35. The van der Waals surface area contributed by atoms with Gasteiger partial charge in [-0.3, -0.25) is 4.79 Å². The average molecular weight is 330 g/mol. The summed E-state index contributed by atoms with van der Waals surface area (Å²) in [6, 6.07) is 10.5. The molecule has 0 saturated heterocycles. The summed E-state index contributed by atoms with van der Waals surface area (Å²) in [7, 11) is 4.08. The van der Waals surface area contributed by atoms with Gasteiger partial charge in [0, 0.05) is 17.8 Å². The van der Waals surface area contributed by atoms with E-state index in [4.69, 9.17) is 4.74 Å². The Morgan fingerprint density at radius 2 is 2.26 bits per heavy atom. The van der Waals surface area contributed by atoms with Crippen LogP contribution in [-0.4, -0.2) is 38.1 Å². The molecular weight excluding hydrogens is 308 g/mol. The Balaban J connectivity index is 1.64. The van der Waals surface area contributed by atoms with Crippen LogP contribution in [0.2, 0.25) is 0 Å². The van der Waals surface area contributed by atoms with Gasteiger partial charge in [-0.25, -0.2) is 0 Å². The molecule has 1 aliphatic rings. The van der Waals surface area contributed by atoms with Gasteiger partial charge in [0.05, 0.1) is 19.1 Å². The quantitative estimate of drug-likeness (QED) is 0.885. The highest BCUT2D eigenvalue weighted by Gasteiger charge is 2.19. The minimum Gasteiger partial charge on any atom is -0.493 e. The Hall–Kier alpha value is -1.85. The monoisotopic (exact) mass is 330 g/mol. The Bertz CT molecular complexity index is 668. The van der Waals surface area contributed by atoms with Crippen molar-refractivity contribution in [3.05, 3.63) is 51.7 Å². The van der Waals surface area contributed by atoms with Crippen molar-refractivity contribution in [2.75, 3.05) is 27.2 Å². The zero-order valence-corrected chi connectivity index (χ0v) is 14.4. The van der Waals surface area contributed by atoms with Crippen LogP contribution >= 0.6 is 11.3 Å². The molecule has 1 N–H and O–H groups in total. The third-order valence-corrected chi connectivity index (χ3v) is 5.01. The van der Waals surface area contributed by atoms with Gasteiger partial charge < -0.3 is 15.0 Å². The van der Waals surface area contributed by atoms with Gasteiger partial charge in [-0.15, -0.1) is 11.3 Å². The van der Waals surface area contributed by atoms with Gasteiger partial charge >= 0.3 is 0 Å². The largest absolute Gasteiger partial charge is 0.493 e. The number of rotatable bonds is 6. The first kappa shape index (κ1) is 16.0. The summed E-state index contributed by atoms with van der Waals surface area (Å²) in [5.74, 6) is 1.07. The fraction of sp³-hybridized carbons (Fsp3) is 0.389. The number of carbonyl (C=O) groups excluding carboxylic acids is 1. The average Bonchev–Trinajstić information content (AvgIpc) is 3.17. The van der Waals surface area contributed by atoms with Crippen LogP contribution in [0.5, 0.6) is 5.75 Å². The van der Waals surface area contributed by atoms with Crippen LogP contribution in [0, 0.1) is 0 Å². The summed E-state index contributed by atoms with van der Waals surface area (Å²) in [5, 5.41) is 5.06. The molecule has 0 bridgehead atoms. The molecule has 2 heterocycles. The molecule has 0 saturated carbocycles. The van der Waals surface area contributed by atoms with Crippen molar-refractivity contribution in [2.24, 2.45) is 0 Å². The second kappa shape index (κ2) is 7.15. The molecule has 0 radical (unpaired) electrons. The number of carbonyl (C=O) groups is 1. The summed E-state index contributed by atoms with van der Waals surface area (Å²) in [6.45, 7) is 1.37. The highest BCUT2D eigenvalue weighted by molar-refractivity contribution is 7.10. The zero-order valence-electron chi connectivity index (χ0n) is 13.5. The van der Waals surface area contributed by atoms with Gasteiger partial charge in [0.25, 0.3) is 0 Å². The number of ether oxygens (including phenoxy) is 1. The molecule has 0 aliphatic carbocycles. The fourth-order valence-electron chi connectivity index (χ4n) is 2.86. The van der Waals surface area contributed by atoms with Crippen LogP contribution in [0.4, 0.5) is 0 Å². The standard InChI is InChI=1S/C18H22N2O2S/c1-20(2)16(12-19-18(21)11-15-4-3-9-23-15)13-5-6-17-14(10-13)7-8-22-17/h3-6,9-10,16H,7-8,11-12H2,1-2H3,(H,19,21). The second-order valence-corrected chi connectivity index (χ2v) is 7.04. The summed E-state index contributed by atoms with van der Waals surface area (Å²) < 4.78 is 5.57. The minimum atomic E-state index is 0.0730. The molecule has 1 unspecified atom stereocenters. The van der Waals surface area contributed by atoms with E-state index in [-0.39, 0.29) is 11.9 Å². The van der Waals surface area contributed by atoms with Gasteiger partial charge in [0.2, 0.25) is 5.91 Å². The lowest BCUT2D eigenvalue weighted by atomic mass is 10.0. The minimum absolute atomic E-state index is 0.0730. The van der Waals surface area contributed by atoms with Gasteiger partial charge in [-0.2, -0.15) is 0 Å². The lowest BCUT2D eigenvalue weighted by Gasteiger charge is -2.25. The van der Waals surface area contributed by atoms with Crippen LogP contribution in [0.25, 0.3) is 0 Å². The van der Waals surface area contributed by atoms with E-state index < -0.39 is 0 Å². The first-order valence-electron chi connectivity index (χ1n) is 7.84. The zero-order chi connectivity index (χ0) is 16.2. The van der Waals surface area contributed by atoms with Crippen LogP contribution in [0.3, 0.4) is 0 Å². The SMILES string of the molecule is CN(C)C(CNC(=O)Cc1cccs1)c1ccc2c(c1)CCO2. The molecule has 2 aromatic rings. The molecule has 1 aromatic carbocycles. The van der Waals surface area contributed by atoms with Crippen molar-refractivity contribution in [1.82, 2.24) is 10.2 Å². The Labute approximate surface area is 141 Å². The number of fused-ring (bicyclic) bond motifs is 1. The molecule has 1 aromatic heterocycles. The molecule has 3 rings (SSSR count). The first-order chi connectivity index (χ1) is 11.1. The fourth-order valence-corrected chi connectivity index (χ4v) is 3.56. The highest BCUT2D eigenvalue weighted by Crippen LogP contribution is 2.29. The molecule has 23 heavy (non-hydrogen) atoms. The van der Waals surface area contributed by atoms with E-state index >= 15 is 0 Å². The predicted octanol–water partition coefficient (Wildman–Crippen LogP) is 2.64. The van der Waals surface area contributed by atoms with Crippen molar-refractivity contribution in [3.63, 3.8) is 0 Å². The van der Waals surface area contributed by atoms with Crippen LogP contribution < -0.4 is 10.1 Å². The van der Waals surface area contributed by atoms with E-state index in [1.54, 1.807) is 11.3 Å². The normalized spacial score (nSPS) is 14.4. The maximum Gasteiger partial charge on any atom is 0.225 e. The van der Waals surface area contributed by atoms with E-state index in [1.807, 2.05) is 37.7 Å². The maximum absolute atomic E-state index is 12.1.